The molecule has 0 bridgehead atoms. The Labute approximate surface area is 111 Å². The van der Waals surface area contributed by atoms with Gasteiger partial charge in [-0.2, -0.15) is 5.10 Å². The molecule has 5 heteroatoms. The summed E-state index contributed by atoms with van der Waals surface area (Å²) in [5.74, 6) is 0.783. The molecule has 0 radical (unpaired) electrons. The summed E-state index contributed by atoms with van der Waals surface area (Å²) in [6.07, 6.45) is 2.58. The van der Waals surface area contributed by atoms with Crippen LogP contribution >= 0.6 is 11.6 Å². The van der Waals surface area contributed by atoms with E-state index in [2.05, 4.69) is 5.10 Å². The first-order chi connectivity index (χ1) is 8.67. The predicted molar refractivity (Wildman–Crippen MR) is 73.0 cm³/mol. The van der Waals surface area contributed by atoms with E-state index in [-0.39, 0.29) is 0 Å². The van der Waals surface area contributed by atoms with Gasteiger partial charge in [-0.3, -0.25) is 4.68 Å². The Bertz CT molecular complexity index is 551. The van der Waals surface area contributed by atoms with Crippen molar-refractivity contribution >= 4 is 11.6 Å². The largest absolute Gasteiger partial charge is 0.496 e. The molecule has 2 aromatic rings. The lowest BCUT2D eigenvalue weighted by atomic mass is 10.0. The van der Waals surface area contributed by atoms with E-state index in [1.54, 1.807) is 7.11 Å². The fourth-order valence-corrected chi connectivity index (χ4v) is 2.18. The normalized spacial score (nSPS) is 10.7. The van der Waals surface area contributed by atoms with E-state index < -0.39 is 0 Å². The number of rotatable bonds is 4. The molecule has 0 fully saturated rings. The first kappa shape index (κ1) is 12.9. The Morgan fingerprint density at radius 3 is 2.83 bits per heavy atom. The Morgan fingerprint density at radius 2 is 2.17 bits per heavy atom. The summed E-state index contributed by atoms with van der Waals surface area (Å²) < 4.78 is 7.21. The maximum absolute atomic E-state index is 6.05. The van der Waals surface area contributed by atoms with Gasteiger partial charge < -0.3 is 10.5 Å². The Morgan fingerprint density at radius 1 is 1.39 bits per heavy atom. The van der Waals surface area contributed by atoms with Crippen LogP contribution in [0.5, 0.6) is 5.75 Å². The third-order valence-corrected chi connectivity index (χ3v) is 3.13. The molecule has 0 atom stereocenters. The molecular weight excluding hydrogens is 250 g/mol. The Hall–Kier alpha value is -1.52. The number of ether oxygens (including phenoxy) is 1. The van der Waals surface area contributed by atoms with E-state index in [0.717, 1.165) is 29.0 Å². The van der Waals surface area contributed by atoms with Crippen LogP contribution < -0.4 is 10.5 Å². The predicted octanol–water partition coefficient (Wildman–Crippen LogP) is 2.25. The lowest BCUT2D eigenvalue weighted by Crippen LogP contribution is -2.08. The molecule has 0 aliphatic heterocycles. The fraction of sp³-hybridized carbons (Fsp3) is 0.308. The number of nitrogens with zero attached hydrogens (tertiary/aromatic N) is 2. The lowest BCUT2D eigenvalue weighted by molar-refractivity contribution is 0.416. The maximum Gasteiger partial charge on any atom is 0.126 e. The summed E-state index contributed by atoms with van der Waals surface area (Å²) in [6, 6.07) is 5.55. The van der Waals surface area contributed by atoms with E-state index in [9.17, 15) is 0 Å². The summed E-state index contributed by atoms with van der Waals surface area (Å²) >= 11 is 6.05. The van der Waals surface area contributed by atoms with Gasteiger partial charge in [0.15, 0.2) is 0 Å². The molecule has 1 aromatic carbocycles. The molecule has 0 aliphatic rings. The lowest BCUT2D eigenvalue weighted by Gasteiger charge is -2.10. The number of methoxy groups -OCH3 is 1. The number of aryl methyl sites for hydroxylation is 1. The van der Waals surface area contributed by atoms with Crippen LogP contribution in [0.2, 0.25) is 5.02 Å². The van der Waals surface area contributed by atoms with Gasteiger partial charge in [-0.15, -0.1) is 0 Å². The molecule has 4 nitrogen and oxygen atoms in total. The highest BCUT2D eigenvalue weighted by Gasteiger charge is 2.14. The summed E-state index contributed by atoms with van der Waals surface area (Å²) in [7, 11) is 3.55. The van der Waals surface area contributed by atoms with Crippen LogP contribution in [-0.2, 0) is 13.5 Å². The molecule has 0 spiro atoms. The first-order valence-electron chi connectivity index (χ1n) is 5.72. The first-order valence-corrected chi connectivity index (χ1v) is 6.10. The Balaban J connectivity index is 2.57. The van der Waals surface area contributed by atoms with Crippen molar-refractivity contribution in [1.29, 1.82) is 0 Å². The molecule has 0 amide bonds. The summed E-state index contributed by atoms with van der Waals surface area (Å²) in [4.78, 5) is 0. The molecule has 2 rings (SSSR count). The third-order valence-electron chi connectivity index (χ3n) is 2.89. The zero-order valence-electron chi connectivity index (χ0n) is 10.5. The van der Waals surface area contributed by atoms with E-state index in [1.807, 2.05) is 36.1 Å². The second-order valence-corrected chi connectivity index (χ2v) is 4.45. The topological polar surface area (TPSA) is 53.1 Å². The van der Waals surface area contributed by atoms with Gasteiger partial charge in [-0.05, 0) is 24.7 Å². The van der Waals surface area contributed by atoms with Crippen molar-refractivity contribution in [2.75, 3.05) is 13.7 Å². The second-order valence-electron chi connectivity index (χ2n) is 4.01. The van der Waals surface area contributed by atoms with Crippen molar-refractivity contribution in [3.8, 4) is 16.9 Å². The van der Waals surface area contributed by atoms with E-state index >= 15 is 0 Å². The van der Waals surface area contributed by atoms with Gasteiger partial charge >= 0.3 is 0 Å². The quantitative estimate of drug-likeness (QED) is 0.923. The molecule has 2 N–H and O–H groups in total. The fourth-order valence-electron chi connectivity index (χ4n) is 2.01. The van der Waals surface area contributed by atoms with Crippen molar-refractivity contribution < 1.29 is 4.74 Å². The zero-order valence-corrected chi connectivity index (χ0v) is 11.2. The standard InChI is InChI=1S/C13H16ClN3O/c1-17-12(5-6-15)11(8-16-17)10-7-9(14)3-4-13(10)18-2/h3-4,7-8H,5-6,15H2,1-2H3. The number of hydrogen-bond acceptors (Lipinski definition) is 3. The summed E-state index contributed by atoms with van der Waals surface area (Å²) in [5, 5.41) is 4.95. The minimum absolute atomic E-state index is 0.579. The van der Waals surface area contributed by atoms with Gasteiger partial charge in [-0.25, -0.2) is 0 Å². The SMILES string of the molecule is COc1ccc(Cl)cc1-c1cnn(C)c1CCN. The molecule has 96 valence electrons. The summed E-state index contributed by atoms with van der Waals surface area (Å²) in [5.41, 5.74) is 8.68. The molecule has 18 heavy (non-hydrogen) atoms. The van der Waals surface area contributed by atoms with E-state index in [0.29, 0.717) is 11.6 Å². The average molecular weight is 266 g/mol. The second kappa shape index (κ2) is 5.42. The van der Waals surface area contributed by atoms with Gasteiger partial charge in [0.25, 0.3) is 0 Å². The third kappa shape index (κ3) is 2.35. The Kier molecular flexibility index (Phi) is 3.89. The van der Waals surface area contributed by atoms with Gasteiger partial charge in [0.05, 0.1) is 13.3 Å². The van der Waals surface area contributed by atoms with Gasteiger partial charge in [0, 0.05) is 35.3 Å². The van der Waals surface area contributed by atoms with Gasteiger partial charge in [-0.1, -0.05) is 11.6 Å². The van der Waals surface area contributed by atoms with Crippen molar-refractivity contribution in [2.45, 2.75) is 6.42 Å². The molecule has 1 heterocycles. The zero-order chi connectivity index (χ0) is 13.1. The summed E-state index contributed by atoms with van der Waals surface area (Å²) in [6.45, 7) is 0.579. The van der Waals surface area contributed by atoms with Gasteiger partial charge in [0.1, 0.15) is 5.75 Å². The average Bonchev–Trinajstić information content (AvgIpc) is 2.72. The number of benzene rings is 1. The minimum atomic E-state index is 0.579. The molecule has 0 unspecified atom stereocenters. The van der Waals surface area contributed by atoms with Gasteiger partial charge in [0.2, 0.25) is 0 Å². The molecular formula is C13H16ClN3O. The van der Waals surface area contributed by atoms with Crippen molar-refractivity contribution in [3.63, 3.8) is 0 Å². The highest BCUT2D eigenvalue weighted by molar-refractivity contribution is 6.31. The number of hydrogen-bond donors (Lipinski definition) is 1. The van der Waals surface area contributed by atoms with Crippen LogP contribution in [-0.4, -0.2) is 23.4 Å². The van der Waals surface area contributed by atoms with Crippen molar-refractivity contribution in [2.24, 2.45) is 12.8 Å². The van der Waals surface area contributed by atoms with E-state index in [4.69, 9.17) is 22.1 Å². The maximum atomic E-state index is 6.05. The number of halogens is 1. The van der Waals surface area contributed by atoms with Crippen LogP contribution in [0, 0.1) is 0 Å². The monoisotopic (exact) mass is 265 g/mol. The van der Waals surface area contributed by atoms with Crippen LogP contribution in [0.4, 0.5) is 0 Å². The van der Waals surface area contributed by atoms with Crippen molar-refractivity contribution in [3.05, 3.63) is 35.1 Å². The number of nitrogens with two attached hydrogens (primary N) is 1. The highest BCUT2D eigenvalue weighted by Crippen LogP contribution is 2.34. The van der Waals surface area contributed by atoms with Crippen LogP contribution in [0.1, 0.15) is 5.69 Å². The molecule has 0 saturated carbocycles. The van der Waals surface area contributed by atoms with Crippen LogP contribution in [0.15, 0.2) is 24.4 Å². The van der Waals surface area contributed by atoms with Crippen LogP contribution in [0.25, 0.3) is 11.1 Å². The molecule has 0 saturated heterocycles. The van der Waals surface area contributed by atoms with Crippen LogP contribution in [0.3, 0.4) is 0 Å². The van der Waals surface area contributed by atoms with E-state index in [1.165, 1.54) is 0 Å². The molecule has 0 aliphatic carbocycles. The minimum Gasteiger partial charge on any atom is -0.496 e. The highest BCUT2D eigenvalue weighted by atomic mass is 35.5. The smallest absolute Gasteiger partial charge is 0.126 e. The molecule has 1 aromatic heterocycles. The number of aromatic nitrogens is 2. The van der Waals surface area contributed by atoms with Crippen molar-refractivity contribution in [1.82, 2.24) is 9.78 Å².